The Bertz CT molecular complexity index is 1200. The third-order valence-corrected chi connectivity index (χ3v) is 9.57. The first kappa shape index (κ1) is 32.2. The molecule has 0 spiro atoms. The summed E-state index contributed by atoms with van der Waals surface area (Å²) in [5, 5.41) is 19.1. The number of nitrogens with zero attached hydrogens (tertiary/aromatic N) is 2. The Hall–Kier alpha value is -2.68. The van der Waals surface area contributed by atoms with Gasteiger partial charge in [-0.2, -0.15) is 0 Å². The maximum Gasteiger partial charge on any atom is 0.406 e. The molecule has 2 atom stereocenters. The molecule has 1 aliphatic carbocycles. The zero-order chi connectivity index (χ0) is 30.1. The van der Waals surface area contributed by atoms with Crippen LogP contribution < -0.4 is 10.6 Å². The Morgan fingerprint density at radius 3 is 2.69 bits per heavy atom. The molecule has 1 saturated heterocycles. The summed E-state index contributed by atoms with van der Waals surface area (Å²) in [6, 6.07) is 10.1. The number of nitrogens with one attached hydrogen (secondary N) is 2. The lowest BCUT2D eigenvalue weighted by Gasteiger charge is -2.44. The van der Waals surface area contributed by atoms with Gasteiger partial charge in [0, 0.05) is 43.2 Å². The molecule has 0 bridgehead atoms. The van der Waals surface area contributed by atoms with Gasteiger partial charge in [0.1, 0.15) is 5.15 Å². The van der Waals surface area contributed by atoms with Gasteiger partial charge in [-0.15, -0.1) is 0 Å². The van der Waals surface area contributed by atoms with Crippen molar-refractivity contribution in [2.24, 2.45) is 17.8 Å². The molecule has 2 heterocycles. The average Bonchev–Trinajstić information content (AvgIpc) is 3.03. The molecule has 2 fully saturated rings. The van der Waals surface area contributed by atoms with E-state index in [1.54, 1.807) is 6.20 Å². The summed E-state index contributed by atoms with van der Waals surface area (Å²) in [5.41, 5.74) is 2.24. The van der Waals surface area contributed by atoms with E-state index in [-0.39, 0.29) is 17.7 Å². The van der Waals surface area contributed by atoms with E-state index < -0.39 is 11.7 Å². The van der Waals surface area contributed by atoms with E-state index >= 15 is 0 Å². The van der Waals surface area contributed by atoms with Crippen LogP contribution in [-0.2, 0) is 21.6 Å². The highest BCUT2D eigenvalue weighted by Gasteiger charge is 2.44. The summed E-state index contributed by atoms with van der Waals surface area (Å²) in [6.07, 6.45) is 8.55. The zero-order valence-corrected chi connectivity index (χ0v) is 26.1. The molecule has 230 valence electrons. The lowest BCUT2D eigenvalue weighted by atomic mass is 9.72. The predicted molar refractivity (Wildman–Crippen MR) is 166 cm³/mol. The Kier molecular flexibility index (Phi) is 11.6. The molecule has 3 N–H and O–H groups in total. The van der Waals surface area contributed by atoms with Crippen LogP contribution in [0.1, 0.15) is 69.4 Å². The van der Waals surface area contributed by atoms with Crippen LogP contribution in [0.15, 0.2) is 36.5 Å². The number of hydrogen-bond acceptors (Lipinski definition) is 6. The predicted octanol–water partition coefficient (Wildman–Crippen LogP) is 5.55. The molecular weight excluding hydrogens is 552 g/mol. The van der Waals surface area contributed by atoms with Crippen LogP contribution in [0.4, 0.5) is 4.79 Å². The van der Waals surface area contributed by atoms with Gasteiger partial charge in [-0.1, -0.05) is 42.8 Å². The van der Waals surface area contributed by atoms with Crippen molar-refractivity contribution >= 4 is 23.6 Å². The van der Waals surface area contributed by atoms with E-state index in [0.717, 1.165) is 68.2 Å². The highest BCUT2D eigenvalue weighted by molar-refractivity contribution is 6.32. The van der Waals surface area contributed by atoms with Crippen molar-refractivity contribution in [3.05, 3.63) is 52.8 Å². The van der Waals surface area contributed by atoms with Gasteiger partial charge in [-0.3, -0.25) is 4.79 Å². The number of halogens is 1. The van der Waals surface area contributed by atoms with E-state index in [1.165, 1.54) is 12.7 Å². The second-order valence-electron chi connectivity index (χ2n) is 11.9. The molecule has 8 nitrogen and oxygen atoms in total. The minimum absolute atomic E-state index is 0.0527. The van der Waals surface area contributed by atoms with Crippen LogP contribution in [0.5, 0.6) is 0 Å². The standard InChI is InChI=1S/C33H47ClN4O4/c1-4-23-8-5-9-26(20-23)29-28(15-18-36-30(29)34)33(41,16-7-17-37-32(40)42-3)27-10-6-19-38(22-27)31(39)25-13-11-24(12-14-25)21-35-2/h5,8-9,15,18,20,24-25,27,35,41H,4,6-7,10-14,16-17,19,21-22H2,1-3H3,(H,37,40)/t24?,25?,27-,33+/m1/s1. The number of piperidine rings is 1. The van der Waals surface area contributed by atoms with E-state index in [4.69, 9.17) is 16.3 Å². The minimum Gasteiger partial charge on any atom is -0.453 e. The first-order chi connectivity index (χ1) is 20.3. The number of aryl methyl sites for hydroxylation is 1. The van der Waals surface area contributed by atoms with Crippen LogP contribution in [0, 0.1) is 17.8 Å². The Morgan fingerprint density at radius 1 is 1.19 bits per heavy atom. The van der Waals surface area contributed by atoms with E-state index in [1.807, 2.05) is 30.1 Å². The Labute approximate surface area is 255 Å². The molecule has 1 aliphatic heterocycles. The van der Waals surface area contributed by atoms with Crippen LogP contribution >= 0.6 is 11.6 Å². The summed E-state index contributed by atoms with van der Waals surface area (Å²) >= 11 is 6.78. The normalized spacial score (nSPS) is 22.3. The lowest BCUT2D eigenvalue weighted by molar-refractivity contribution is -0.142. The van der Waals surface area contributed by atoms with Crippen molar-refractivity contribution < 1.29 is 19.4 Å². The first-order valence-electron chi connectivity index (χ1n) is 15.5. The number of carbonyl (C=O) groups excluding carboxylic acids is 2. The van der Waals surface area contributed by atoms with Gasteiger partial charge in [-0.05, 0) is 100 Å². The molecule has 1 saturated carbocycles. The van der Waals surface area contributed by atoms with Crippen LogP contribution in [0.2, 0.25) is 5.15 Å². The van der Waals surface area contributed by atoms with Gasteiger partial charge < -0.3 is 25.4 Å². The van der Waals surface area contributed by atoms with Crippen molar-refractivity contribution in [1.29, 1.82) is 0 Å². The van der Waals surface area contributed by atoms with Crippen LogP contribution in [0.3, 0.4) is 0 Å². The third-order valence-electron chi connectivity index (χ3n) is 9.28. The Morgan fingerprint density at radius 2 is 1.98 bits per heavy atom. The van der Waals surface area contributed by atoms with Gasteiger partial charge in [0.15, 0.2) is 0 Å². The monoisotopic (exact) mass is 598 g/mol. The number of carbonyl (C=O) groups is 2. The Balaban J connectivity index is 1.63. The van der Waals surface area contributed by atoms with Gasteiger partial charge in [0.25, 0.3) is 0 Å². The van der Waals surface area contributed by atoms with E-state index in [9.17, 15) is 14.7 Å². The van der Waals surface area contributed by atoms with Crippen LogP contribution in [0.25, 0.3) is 11.1 Å². The molecule has 0 radical (unpaired) electrons. The summed E-state index contributed by atoms with van der Waals surface area (Å²) in [7, 11) is 3.32. The number of alkyl carbamates (subject to hydrolysis) is 1. The van der Waals surface area contributed by atoms with Crippen molar-refractivity contribution in [2.75, 3.05) is 40.3 Å². The van der Waals surface area contributed by atoms with Gasteiger partial charge in [0.05, 0.1) is 12.7 Å². The number of ether oxygens (including phenoxy) is 1. The number of pyridine rings is 1. The zero-order valence-electron chi connectivity index (χ0n) is 25.3. The molecule has 42 heavy (non-hydrogen) atoms. The fraction of sp³-hybridized carbons (Fsp3) is 0.606. The molecule has 2 aromatic rings. The van der Waals surface area contributed by atoms with Crippen LogP contribution in [-0.4, -0.2) is 67.3 Å². The average molecular weight is 599 g/mol. The summed E-state index contributed by atoms with van der Waals surface area (Å²) in [4.78, 5) is 31.8. The summed E-state index contributed by atoms with van der Waals surface area (Å²) in [5.74, 6) is 0.719. The fourth-order valence-corrected chi connectivity index (χ4v) is 7.19. The highest BCUT2D eigenvalue weighted by atomic mass is 35.5. The van der Waals surface area contributed by atoms with E-state index in [0.29, 0.717) is 43.5 Å². The van der Waals surface area contributed by atoms with Crippen molar-refractivity contribution in [3.63, 3.8) is 0 Å². The smallest absolute Gasteiger partial charge is 0.406 e. The molecule has 1 aromatic heterocycles. The summed E-state index contributed by atoms with van der Waals surface area (Å²) < 4.78 is 4.73. The maximum absolute atomic E-state index is 13.7. The van der Waals surface area contributed by atoms with Gasteiger partial charge >= 0.3 is 6.09 Å². The summed E-state index contributed by atoms with van der Waals surface area (Å²) in [6.45, 7) is 4.68. The number of rotatable bonds is 11. The first-order valence-corrected chi connectivity index (χ1v) is 15.9. The fourth-order valence-electron chi connectivity index (χ4n) is 6.93. The van der Waals surface area contributed by atoms with E-state index in [2.05, 4.69) is 34.7 Å². The number of hydrogen-bond donors (Lipinski definition) is 3. The molecular formula is C33H47ClN4O4. The molecule has 2 amide bonds. The topological polar surface area (TPSA) is 104 Å². The number of aromatic nitrogens is 1. The second kappa shape index (κ2) is 15.2. The quantitative estimate of drug-likeness (QED) is 0.231. The largest absolute Gasteiger partial charge is 0.453 e. The molecule has 0 unspecified atom stereocenters. The third kappa shape index (κ3) is 7.63. The van der Waals surface area contributed by atoms with Gasteiger partial charge in [0.2, 0.25) is 5.91 Å². The van der Waals surface area contributed by atoms with Gasteiger partial charge in [-0.25, -0.2) is 9.78 Å². The number of methoxy groups -OCH3 is 1. The number of likely N-dealkylation sites (tertiary alicyclic amines) is 1. The lowest BCUT2D eigenvalue weighted by Crippen LogP contribution is -2.50. The highest BCUT2D eigenvalue weighted by Crippen LogP contribution is 2.45. The second-order valence-corrected chi connectivity index (χ2v) is 12.3. The van der Waals surface area contributed by atoms with Crippen molar-refractivity contribution in [2.45, 2.75) is 70.3 Å². The minimum atomic E-state index is -1.29. The van der Waals surface area contributed by atoms with Crippen molar-refractivity contribution in [3.8, 4) is 11.1 Å². The van der Waals surface area contributed by atoms with Crippen molar-refractivity contribution in [1.82, 2.24) is 20.5 Å². The molecule has 4 rings (SSSR count). The molecule has 9 heteroatoms. The molecule has 1 aromatic carbocycles. The number of amides is 2. The maximum atomic E-state index is 13.7. The number of aliphatic hydroxyl groups is 1. The SMILES string of the molecule is CCc1cccc(-c2c([C@](O)(CCCNC(=O)OC)[C@@H]3CCCN(C(=O)C4CCC(CNC)CC4)C3)ccnc2Cl)c1. The molecule has 2 aliphatic rings. The number of benzene rings is 1.